The standard InChI is InChI=1S/C10H16N4.C8H18O2/c1-7(2)9(5-11)13-14-10(6-12)8(3)4;1-7(2,3)9-10-8(4,5)6/h7-10H,1-4H3;1-6H3. The highest BCUT2D eigenvalue weighted by Gasteiger charge is 2.18. The summed E-state index contributed by atoms with van der Waals surface area (Å²) in [6.07, 6.45) is 0. The molecule has 0 aromatic heterocycles. The second kappa shape index (κ2) is 11.1. The van der Waals surface area contributed by atoms with Crippen LogP contribution in [-0.4, -0.2) is 23.3 Å². The van der Waals surface area contributed by atoms with E-state index < -0.39 is 12.1 Å². The Labute approximate surface area is 147 Å². The van der Waals surface area contributed by atoms with Crippen molar-refractivity contribution in [3.05, 3.63) is 0 Å². The summed E-state index contributed by atoms with van der Waals surface area (Å²) in [5.41, 5.74) is -0.430. The van der Waals surface area contributed by atoms with Gasteiger partial charge in [-0.3, -0.25) is 0 Å². The quantitative estimate of drug-likeness (QED) is 0.397. The molecular formula is C18H34N4O2. The summed E-state index contributed by atoms with van der Waals surface area (Å²) in [5.74, 6) is 0.269. The van der Waals surface area contributed by atoms with E-state index in [1.165, 1.54) is 0 Å². The predicted octanol–water partition coefficient (Wildman–Crippen LogP) is 5.07. The lowest BCUT2D eigenvalue weighted by atomic mass is 10.1. The lowest BCUT2D eigenvalue weighted by Crippen LogP contribution is -2.27. The van der Waals surface area contributed by atoms with E-state index in [1.807, 2.05) is 69.2 Å². The first kappa shape index (κ1) is 24.7. The van der Waals surface area contributed by atoms with Crippen molar-refractivity contribution in [2.24, 2.45) is 22.1 Å². The number of rotatable bonds is 5. The summed E-state index contributed by atoms with van der Waals surface area (Å²) in [6, 6.07) is 3.22. The van der Waals surface area contributed by atoms with Gasteiger partial charge in [0.25, 0.3) is 0 Å². The molecule has 0 radical (unpaired) electrons. The van der Waals surface area contributed by atoms with Crippen LogP contribution in [0.15, 0.2) is 10.2 Å². The maximum Gasteiger partial charge on any atom is 0.159 e. The van der Waals surface area contributed by atoms with Crippen molar-refractivity contribution in [2.75, 3.05) is 0 Å². The summed E-state index contributed by atoms with van der Waals surface area (Å²) in [5, 5.41) is 25.2. The van der Waals surface area contributed by atoms with Gasteiger partial charge in [-0.25, -0.2) is 9.78 Å². The van der Waals surface area contributed by atoms with Crippen LogP contribution in [0.2, 0.25) is 0 Å². The number of azo groups is 1. The Bertz CT molecular complexity index is 404. The molecule has 6 nitrogen and oxygen atoms in total. The third-order valence-corrected chi connectivity index (χ3v) is 2.38. The zero-order valence-corrected chi connectivity index (χ0v) is 16.9. The van der Waals surface area contributed by atoms with E-state index in [0.29, 0.717) is 0 Å². The molecule has 0 saturated heterocycles. The molecule has 0 amide bonds. The van der Waals surface area contributed by atoms with Gasteiger partial charge in [0.15, 0.2) is 12.1 Å². The third kappa shape index (κ3) is 15.4. The highest BCUT2D eigenvalue weighted by Crippen LogP contribution is 2.14. The zero-order chi connectivity index (χ0) is 19.6. The maximum absolute atomic E-state index is 8.73. The molecule has 0 aromatic rings. The third-order valence-electron chi connectivity index (χ3n) is 2.38. The van der Waals surface area contributed by atoms with Crippen LogP contribution in [0.3, 0.4) is 0 Å². The molecule has 138 valence electrons. The molecule has 0 aliphatic heterocycles. The highest BCUT2D eigenvalue weighted by atomic mass is 17.2. The van der Waals surface area contributed by atoms with Gasteiger partial charge in [-0.2, -0.15) is 20.8 Å². The average Bonchev–Trinajstić information content (AvgIpc) is 2.40. The predicted molar refractivity (Wildman–Crippen MR) is 95.0 cm³/mol. The van der Waals surface area contributed by atoms with E-state index in [4.69, 9.17) is 20.3 Å². The van der Waals surface area contributed by atoms with Crippen LogP contribution in [0.4, 0.5) is 0 Å². The van der Waals surface area contributed by atoms with Crippen molar-refractivity contribution in [1.29, 1.82) is 10.5 Å². The monoisotopic (exact) mass is 338 g/mol. The Morgan fingerprint density at radius 1 is 0.667 bits per heavy atom. The number of nitriles is 2. The van der Waals surface area contributed by atoms with E-state index in [1.54, 1.807) is 0 Å². The Morgan fingerprint density at radius 2 is 0.917 bits per heavy atom. The molecule has 0 bridgehead atoms. The van der Waals surface area contributed by atoms with Crippen molar-refractivity contribution in [3.8, 4) is 12.1 Å². The molecular weight excluding hydrogens is 304 g/mol. The molecule has 0 rings (SSSR count). The summed E-state index contributed by atoms with van der Waals surface area (Å²) in [6.45, 7) is 19.4. The van der Waals surface area contributed by atoms with E-state index in [2.05, 4.69) is 22.4 Å². The molecule has 0 aliphatic carbocycles. The molecule has 0 spiro atoms. The zero-order valence-electron chi connectivity index (χ0n) is 16.9. The highest BCUT2D eigenvalue weighted by molar-refractivity contribution is 4.95. The Kier molecular flexibility index (Phi) is 11.5. The molecule has 24 heavy (non-hydrogen) atoms. The molecule has 0 fully saturated rings. The lowest BCUT2D eigenvalue weighted by Gasteiger charge is -2.24. The van der Waals surface area contributed by atoms with Crippen molar-refractivity contribution >= 4 is 0 Å². The smallest absolute Gasteiger partial charge is 0.159 e. The Hall–Kier alpha value is -1.50. The Morgan fingerprint density at radius 3 is 1.04 bits per heavy atom. The average molecular weight is 338 g/mol. The van der Waals surface area contributed by atoms with Crippen LogP contribution in [0, 0.1) is 34.5 Å². The molecule has 2 atom stereocenters. The minimum absolute atomic E-state index is 0.134. The fourth-order valence-electron chi connectivity index (χ4n) is 1.01. The second-order valence-corrected chi connectivity index (χ2v) is 8.26. The summed E-state index contributed by atoms with van der Waals surface area (Å²) < 4.78 is 0. The van der Waals surface area contributed by atoms with Crippen LogP contribution in [0.1, 0.15) is 69.2 Å². The first-order valence-corrected chi connectivity index (χ1v) is 8.29. The minimum Gasteiger partial charge on any atom is -0.230 e. The largest absolute Gasteiger partial charge is 0.230 e. The van der Waals surface area contributed by atoms with Gasteiger partial charge in [0.2, 0.25) is 0 Å². The van der Waals surface area contributed by atoms with Crippen LogP contribution < -0.4 is 0 Å². The van der Waals surface area contributed by atoms with Gasteiger partial charge in [-0.05, 0) is 53.4 Å². The van der Waals surface area contributed by atoms with E-state index in [9.17, 15) is 0 Å². The van der Waals surface area contributed by atoms with Gasteiger partial charge in [0.05, 0.1) is 23.3 Å². The van der Waals surface area contributed by atoms with Crippen molar-refractivity contribution < 1.29 is 9.78 Å². The number of nitrogens with zero attached hydrogens (tertiary/aromatic N) is 4. The summed E-state index contributed by atoms with van der Waals surface area (Å²) in [4.78, 5) is 10.2. The van der Waals surface area contributed by atoms with E-state index in [0.717, 1.165) is 0 Å². The molecule has 0 saturated carbocycles. The molecule has 0 N–H and O–H groups in total. The lowest BCUT2D eigenvalue weighted by molar-refractivity contribution is -0.393. The molecule has 0 heterocycles. The van der Waals surface area contributed by atoms with Gasteiger partial charge in [0, 0.05) is 0 Å². The first-order valence-electron chi connectivity index (χ1n) is 8.29. The topological polar surface area (TPSA) is 90.8 Å². The van der Waals surface area contributed by atoms with Gasteiger partial charge < -0.3 is 0 Å². The first-order chi connectivity index (χ1) is 10.7. The molecule has 6 heteroatoms. The number of hydrogen-bond acceptors (Lipinski definition) is 6. The van der Waals surface area contributed by atoms with Crippen molar-refractivity contribution in [1.82, 2.24) is 0 Å². The molecule has 0 aromatic carbocycles. The van der Waals surface area contributed by atoms with Crippen LogP contribution in [-0.2, 0) is 9.78 Å². The fraction of sp³-hybridized carbons (Fsp3) is 0.889. The van der Waals surface area contributed by atoms with Gasteiger partial charge in [-0.1, -0.05) is 27.7 Å². The summed E-state index contributed by atoms with van der Waals surface area (Å²) >= 11 is 0. The normalized spacial score (nSPS) is 14.8. The SMILES string of the molecule is CC(C)(C)OOC(C)(C)C.CC(C)C(C#N)N=NC(C#N)C(C)C. The van der Waals surface area contributed by atoms with Gasteiger partial charge in [0.1, 0.15) is 0 Å². The Balaban J connectivity index is 0. The minimum atomic E-state index is -0.440. The number of hydrogen-bond donors (Lipinski definition) is 0. The maximum atomic E-state index is 8.73. The van der Waals surface area contributed by atoms with E-state index in [-0.39, 0.29) is 23.0 Å². The van der Waals surface area contributed by atoms with Crippen LogP contribution in [0.25, 0.3) is 0 Å². The second-order valence-electron chi connectivity index (χ2n) is 8.26. The van der Waals surface area contributed by atoms with Crippen molar-refractivity contribution in [3.63, 3.8) is 0 Å². The van der Waals surface area contributed by atoms with Crippen LogP contribution >= 0.6 is 0 Å². The van der Waals surface area contributed by atoms with Crippen LogP contribution in [0.5, 0.6) is 0 Å². The van der Waals surface area contributed by atoms with Gasteiger partial charge >= 0.3 is 0 Å². The molecule has 2 unspecified atom stereocenters. The molecule has 0 aliphatic rings. The summed E-state index contributed by atoms with van der Waals surface area (Å²) in [7, 11) is 0. The van der Waals surface area contributed by atoms with Gasteiger partial charge in [-0.15, -0.1) is 0 Å². The fourth-order valence-corrected chi connectivity index (χ4v) is 1.01. The van der Waals surface area contributed by atoms with Crippen molar-refractivity contribution in [2.45, 2.75) is 92.5 Å². The van der Waals surface area contributed by atoms with E-state index >= 15 is 0 Å².